The van der Waals surface area contributed by atoms with Crippen molar-refractivity contribution in [2.45, 2.75) is 38.6 Å². The second-order valence-electron chi connectivity index (χ2n) is 7.57. The molecule has 1 aromatic carbocycles. The van der Waals surface area contributed by atoms with Gasteiger partial charge in [-0.2, -0.15) is 5.10 Å². The van der Waals surface area contributed by atoms with Gasteiger partial charge in [0.05, 0.1) is 12.3 Å². The van der Waals surface area contributed by atoms with Crippen LogP contribution in [0.1, 0.15) is 46.6 Å². The fourth-order valence-electron chi connectivity index (χ4n) is 3.91. The molecular formula is C24H28N4O3. The van der Waals surface area contributed by atoms with Crippen LogP contribution in [0, 0.1) is 0 Å². The third kappa shape index (κ3) is 4.94. The van der Waals surface area contributed by atoms with Gasteiger partial charge in [0.2, 0.25) is 5.88 Å². The van der Waals surface area contributed by atoms with E-state index in [2.05, 4.69) is 10.3 Å². The largest absolute Gasteiger partial charge is 0.475 e. The molecule has 4 rings (SSSR count). The summed E-state index contributed by atoms with van der Waals surface area (Å²) in [6, 6.07) is 13.8. The van der Waals surface area contributed by atoms with Crippen LogP contribution < -0.4 is 10.1 Å². The van der Waals surface area contributed by atoms with Crippen LogP contribution in [0.15, 0.2) is 48.7 Å². The van der Waals surface area contributed by atoms with Crippen molar-refractivity contribution in [2.75, 3.05) is 20.3 Å². The van der Waals surface area contributed by atoms with Gasteiger partial charge in [-0.3, -0.25) is 4.79 Å². The lowest BCUT2D eigenvalue weighted by molar-refractivity contribution is 0.0943. The van der Waals surface area contributed by atoms with E-state index >= 15 is 0 Å². The van der Waals surface area contributed by atoms with Gasteiger partial charge in [0.25, 0.3) is 5.91 Å². The summed E-state index contributed by atoms with van der Waals surface area (Å²) >= 11 is 0. The lowest BCUT2D eigenvalue weighted by Gasteiger charge is -2.10. The summed E-state index contributed by atoms with van der Waals surface area (Å²) in [6.45, 7) is 1.21. The van der Waals surface area contributed by atoms with Gasteiger partial charge in [-0.05, 0) is 43.9 Å². The molecule has 2 heterocycles. The highest BCUT2D eigenvalue weighted by molar-refractivity contribution is 5.94. The van der Waals surface area contributed by atoms with Gasteiger partial charge in [0, 0.05) is 36.7 Å². The molecule has 0 radical (unpaired) electrons. The molecule has 0 atom stereocenters. The Balaban J connectivity index is 1.55. The van der Waals surface area contributed by atoms with Crippen LogP contribution in [-0.4, -0.2) is 41.0 Å². The standard InChI is InChI=1S/C24H28N4O3/c1-30-15-16-31-24-18(9-8-14-25-24)17-26-23(29)22-20-12-6-3-7-13-21(20)28(27-22)19-10-4-2-5-11-19/h2,4-5,8-11,14H,3,6-7,12-13,15-17H2,1H3,(H,26,29). The molecule has 0 spiro atoms. The molecule has 0 saturated heterocycles. The van der Waals surface area contributed by atoms with Crippen LogP contribution in [0.25, 0.3) is 5.69 Å². The van der Waals surface area contributed by atoms with Gasteiger partial charge >= 0.3 is 0 Å². The second-order valence-corrected chi connectivity index (χ2v) is 7.57. The number of methoxy groups -OCH3 is 1. The number of fused-ring (bicyclic) bond motifs is 1. The third-order valence-electron chi connectivity index (χ3n) is 5.46. The molecule has 1 aliphatic carbocycles. The maximum Gasteiger partial charge on any atom is 0.272 e. The van der Waals surface area contributed by atoms with Crippen LogP contribution in [0.4, 0.5) is 0 Å². The minimum Gasteiger partial charge on any atom is -0.475 e. The van der Waals surface area contributed by atoms with Crippen LogP contribution in [0.2, 0.25) is 0 Å². The number of para-hydroxylation sites is 1. The van der Waals surface area contributed by atoms with Crippen molar-refractivity contribution in [3.05, 3.63) is 71.2 Å². The van der Waals surface area contributed by atoms with Crippen LogP contribution in [-0.2, 0) is 24.1 Å². The lowest BCUT2D eigenvalue weighted by Crippen LogP contribution is -2.25. The minimum atomic E-state index is -0.167. The van der Waals surface area contributed by atoms with E-state index in [4.69, 9.17) is 14.6 Å². The van der Waals surface area contributed by atoms with Crippen molar-refractivity contribution in [3.8, 4) is 11.6 Å². The molecule has 1 N–H and O–H groups in total. The molecule has 162 valence electrons. The number of nitrogens with one attached hydrogen (secondary N) is 1. The number of pyridine rings is 1. The maximum absolute atomic E-state index is 13.2. The van der Waals surface area contributed by atoms with E-state index in [0.29, 0.717) is 31.3 Å². The normalized spacial score (nSPS) is 13.3. The first kappa shape index (κ1) is 21.1. The van der Waals surface area contributed by atoms with E-state index in [-0.39, 0.29) is 5.91 Å². The molecule has 0 saturated carbocycles. The van der Waals surface area contributed by atoms with E-state index in [9.17, 15) is 4.79 Å². The molecule has 31 heavy (non-hydrogen) atoms. The van der Waals surface area contributed by atoms with Gasteiger partial charge in [0.15, 0.2) is 5.69 Å². The average Bonchev–Trinajstić information content (AvgIpc) is 3.00. The first-order chi connectivity index (χ1) is 15.3. The molecule has 1 amide bonds. The molecule has 2 aromatic heterocycles. The van der Waals surface area contributed by atoms with E-state index < -0.39 is 0 Å². The van der Waals surface area contributed by atoms with Gasteiger partial charge in [0.1, 0.15) is 6.61 Å². The molecule has 3 aromatic rings. The number of hydrogen-bond acceptors (Lipinski definition) is 5. The summed E-state index contributed by atoms with van der Waals surface area (Å²) in [4.78, 5) is 17.4. The fourth-order valence-corrected chi connectivity index (χ4v) is 3.91. The number of ether oxygens (including phenoxy) is 2. The number of amides is 1. The van der Waals surface area contributed by atoms with Crippen molar-refractivity contribution in [1.29, 1.82) is 0 Å². The average molecular weight is 421 g/mol. The predicted molar refractivity (Wildman–Crippen MR) is 118 cm³/mol. The zero-order valence-electron chi connectivity index (χ0n) is 17.8. The number of aromatic nitrogens is 3. The van der Waals surface area contributed by atoms with Crippen molar-refractivity contribution < 1.29 is 14.3 Å². The minimum absolute atomic E-state index is 0.167. The second kappa shape index (κ2) is 10.2. The highest BCUT2D eigenvalue weighted by Crippen LogP contribution is 2.26. The Kier molecular flexibility index (Phi) is 6.94. The van der Waals surface area contributed by atoms with Crippen LogP contribution in [0.5, 0.6) is 5.88 Å². The van der Waals surface area contributed by atoms with E-state index in [1.165, 1.54) is 6.42 Å². The van der Waals surface area contributed by atoms with Gasteiger partial charge in [-0.15, -0.1) is 0 Å². The smallest absolute Gasteiger partial charge is 0.272 e. The Morgan fingerprint density at radius 3 is 2.74 bits per heavy atom. The predicted octanol–water partition coefficient (Wildman–Crippen LogP) is 3.49. The topological polar surface area (TPSA) is 78.3 Å². The molecule has 0 bridgehead atoms. The highest BCUT2D eigenvalue weighted by atomic mass is 16.5. The highest BCUT2D eigenvalue weighted by Gasteiger charge is 2.24. The van der Waals surface area contributed by atoms with Crippen LogP contribution >= 0.6 is 0 Å². The molecule has 1 aliphatic rings. The van der Waals surface area contributed by atoms with Crippen LogP contribution in [0.3, 0.4) is 0 Å². The molecule has 0 aliphatic heterocycles. The number of carbonyl (C=O) groups is 1. The summed E-state index contributed by atoms with van der Waals surface area (Å²) in [5.41, 5.74) is 4.55. The van der Waals surface area contributed by atoms with Crippen molar-refractivity contribution in [3.63, 3.8) is 0 Å². The molecule has 0 fully saturated rings. The number of hydrogen-bond donors (Lipinski definition) is 1. The van der Waals surface area contributed by atoms with Crippen molar-refractivity contribution in [2.24, 2.45) is 0 Å². The molecular weight excluding hydrogens is 392 g/mol. The zero-order chi connectivity index (χ0) is 21.5. The zero-order valence-corrected chi connectivity index (χ0v) is 17.8. The maximum atomic E-state index is 13.2. The lowest BCUT2D eigenvalue weighted by atomic mass is 10.1. The van der Waals surface area contributed by atoms with Gasteiger partial charge < -0.3 is 14.8 Å². The van der Waals surface area contributed by atoms with Gasteiger partial charge in [-0.25, -0.2) is 9.67 Å². The Hall–Kier alpha value is -3.19. The number of carbonyl (C=O) groups excluding carboxylic acids is 1. The first-order valence-corrected chi connectivity index (χ1v) is 10.8. The molecule has 7 heteroatoms. The number of nitrogens with zero attached hydrogens (tertiary/aromatic N) is 3. The summed E-state index contributed by atoms with van der Waals surface area (Å²) in [6.07, 6.45) is 6.85. The number of rotatable bonds is 8. The van der Waals surface area contributed by atoms with Gasteiger partial charge in [-0.1, -0.05) is 30.7 Å². The Morgan fingerprint density at radius 2 is 1.90 bits per heavy atom. The summed E-state index contributed by atoms with van der Waals surface area (Å²) in [5.74, 6) is 0.341. The number of benzene rings is 1. The van der Waals surface area contributed by atoms with Crippen molar-refractivity contribution >= 4 is 5.91 Å². The molecule has 0 unspecified atom stereocenters. The summed E-state index contributed by atoms with van der Waals surface area (Å²) in [5, 5.41) is 7.76. The van der Waals surface area contributed by atoms with E-state index in [1.54, 1.807) is 13.3 Å². The first-order valence-electron chi connectivity index (χ1n) is 10.8. The monoisotopic (exact) mass is 420 g/mol. The summed E-state index contributed by atoms with van der Waals surface area (Å²) in [7, 11) is 1.63. The Bertz CT molecular complexity index is 1020. The SMILES string of the molecule is COCCOc1ncccc1CNC(=O)c1nn(-c2ccccc2)c2c1CCCCC2. The fraction of sp³-hybridized carbons (Fsp3) is 0.375. The Labute approximate surface area is 182 Å². The Morgan fingerprint density at radius 1 is 1.06 bits per heavy atom. The third-order valence-corrected chi connectivity index (χ3v) is 5.46. The van der Waals surface area contributed by atoms with E-state index in [0.717, 1.165) is 48.2 Å². The summed E-state index contributed by atoms with van der Waals surface area (Å²) < 4.78 is 12.6. The van der Waals surface area contributed by atoms with E-state index in [1.807, 2.05) is 47.1 Å². The molecule has 7 nitrogen and oxygen atoms in total. The quantitative estimate of drug-likeness (QED) is 0.446. The van der Waals surface area contributed by atoms with Crippen molar-refractivity contribution in [1.82, 2.24) is 20.1 Å².